The number of nitrogens with one attached hydrogen (secondary N) is 1. The van der Waals surface area contributed by atoms with Crippen LogP contribution in [0.1, 0.15) is 31.4 Å². The molecule has 2 N–H and O–H groups in total. The molecule has 1 unspecified atom stereocenters. The minimum absolute atomic E-state index is 0.0161. The highest BCUT2D eigenvalue weighted by molar-refractivity contribution is 5.29. The van der Waals surface area contributed by atoms with Crippen molar-refractivity contribution in [3.8, 4) is 5.75 Å². The summed E-state index contributed by atoms with van der Waals surface area (Å²) in [5, 5.41) is 12.2. The summed E-state index contributed by atoms with van der Waals surface area (Å²) in [5.41, 5.74) is 0.831. The van der Waals surface area contributed by atoms with Crippen molar-refractivity contribution in [3.63, 3.8) is 0 Å². The van der Waals surface area contributed by atoms with Gasteiger partial charge in [0.05, 0.1) is 0 Å². The van der Waals surface area contributed by atoms with E-state index in [2.05, 4.69) is 10.1 Å². The molecule has 0 saturated carbocycles. The lowest BCUT2D eigenvalue weighted by Crippen LogP contribution is -2.23. The van der Waals surface area contributed by atoms with Crippen LogP contribution in [0.5, 0.6) is 5.75 Å². The summed E-state index contributed by atoms with van der Waals surface area (Å²) in [6, 6.07) is 5.64. The maximum atomic E-state index is 12.0. The molecule has 19 heavy (non-hydrogen) atoms. The maximum Gasteiger partial charge on any atom is 0.573 e. The molecule has 0 fully saturated rings. The van der Waals surface area contributed by atoms with E-state index in [-0.39, 0.29) is 18.4 Å². The second kappa shape index (κ2) is 7.35. The molecule has 6 heteroatoms. The Labute approximate surface area is 110 Å². The predicted octanol–water partition coefficient (Wildman–Crippen LogP) is 3.01. The predicted molar refractivity (Wildman–Crippen MR) is 65.9 cm³/mol. The molecule has 0 radical (unpaired) electrons. The van der Waals surface area contributed by atoms with Crippen LogP contribution >= 0.6 is 0 Å². The summed E-state index contributed by atoms with van der Waals surface area (Å²) in [5.74, 6) is -0.241. The van der Waals surface area contributed by atoms with E-state index in [9.17, 15) is 13.2 Å². The quantitative estimate of drug-likeness (QED) is 0.805. The lowest BCUT2D eigenvalue weighted by Gasteiger charge is -2.18. The fraction of sp³-hybridized carbons (Fsp3) is 0.538. The van der Waals surface area contributed by atoms with Crippen LogP contribution in [-0.2, 0) is 0 Å². The first kappa shape index (κ1) is 15.8. The van der Waals surface area contributed by atoms with Gasteiger partial charge in [0.25, 0.3) is 0 Å². The maximum absolute atomic E-state index is 12.0. The standard InChI is InChI=1S/C13H18F3NO2/c1-2-8-17-12(7-9-18)10-3-5-11(6-4-10)19-13(14,15)16/h3-6,12,17-18H,2,7-9H2,1H3. The molecule has 0 aliphatic rings. The third kappa shape index (κ3) is 5.94. The van der Waals surface area contributed by atoms with Gasteiger partial charge in [-0.1, -0.05) is 19.1 Å². The van der Waals surface area contributed by atoms with Crippen molar-refractivity contribution in [1.82, 2.24) is 5.32 Å². The van der Waals surface area contributed by atoms with Gasteiger partial charge < -0.3 is 15.2 Å². The number of aliphatic hydroxyl groups is 1. The van der Waals surface area contributed by atoms with Crippen LogP contribution in [0.4, 0.5) is 13.2 Å². The molecule has 108 valence electrons. The van der Waals surface area contributed by atoms with E-state index in [1.807, 2.05) is 6.92 Å². The van der Waals surface area contributed by atoms with Gasteiger partial charge in [0.1, 0.15) is 5.75 Å². The van der Waals surface area contributed by atoms with Crippen LogP contribution in [-0.4, -0.2) is 24.6 Å². The molecule has 0 heterocycles. The van der Waals surface area contributed by atoms with Gasteiger partial charge >= 0.3 is 6.36 Å². The Hall–Kier alpha value is -1.27. The van der Waals surface area contributed by atoms with Gasteiger partial charge in [0.15, 0.2) is 0 Å². The lowest BCUT2D eigenvalue weighted by molar-refractivity contribution is -0.274. The number of hydrogen-bond donors (Lipinski definition) is 2. The minimum Gasteiger partial charge on any atom is -0.406 e. The first-order valence-electron chi connectivity index (χ1n) is 6.16. The highest BCUT2D eigenvalue weighted by Gasteiger charge is 2.31. The number of aliphatic hydroxyl groups excluding tert-OH is 1. The summed E-state index contributed by atoms with van der Waals surface area (Å²) < 4.78 is 39.9. The van der Waals surface area contributed by atoms with E-state index in [1.165, 1.54) is 12.1 Å². The zero-order valence-corrected chi connectivity index (χ0v) is 10.7. The van der Waals surface area contributed by atoms with Gasteiger partial charge in [-0.15, -0.1) is 13.2 Å². The van der Waals surface area contributed by atoms with Gasteiger partial charge in [-0.25, -0.2) is 0 Å². The Bertz CT molecular complexity index is 365. The van der Waals surface area contributed by atoms with Crippen LogP contribution in [0.15, 0.2) is 24.3 Å². The molecule has 0 bridgehead atoms. The molecule has 3 nitrogen and oxygen atoms in total. The highest BCUT2D eigenvalue weighted by atomic mass is 19.4. The Balaban J connectivity index is 2.71. The number of alkyl halides is 3. The van der Waals surface area contributed by atoms with E-state index >= 15 is 0 Å². The molecule has 0 aromatic heterocycles. The SMILES string of the molecule is CCCNC(CCO)c1ccc(OC(F)(F)F)cc1. The monoisotopic (exact) mass is 277 g/mol. The Kier molecular flexibility index (Phi) is 6.11. The topological polar surface area (TPSA) is 41.5 Å². The first-order chi connectivity index (χ1) is 8.96. The van der Waals surface area contributed by atoms with Crippen molar-refractivity contribution >= 4 is 0 Å². The third-order valence-electron chi connectivity index (χ3n) is 2.57. The number of hydrogen-bond acceptors (Lipinski definition) is 3. The van der Waals surface area contributed by atoms with Crippen molar-refractivity contribution in [3.05, 3.63) is 29.8 Å². The summed E-state index contributed by atoms with van der Waals surface area (Å²) in [6.45, 7) is 2.82. The summed E-state index contributed by atoms with van der Waals surface area (Å²) in [4.78, 5) is 0. The summed E-state index contributed by atoms with van der Waals surface area (Å²) in [6.07, 6.45) is -3.22. The molecule has 0 saturated heterocycles. The second-order valence-corrected chi connectivity index (χ2v) is 4.14. The average molecular weight is 277 g/mol. The Morgan fingerprint density at radius 1 is 1.26 bits per heavy atom. The van der Waals surface area contributed by atoms with Gasteiger partial charge in [-0.05, 0) is 37.1 Å². The number of rotatable bonds is 7. The number of halogens is 3. The molecular formula is C13H18F3NO2. The average Bonchev–Trinajstić information content (AvgIpc) is 2.34. The van der Waals surface area contributed by atoms with Gasteiger partial charge in [-0.3, -0.25) is 0 Å². The Morgan fingerprint density at radius 3 is 2.37 bits per heavy atom. The molecule has 1 atom stereocenters. The minimum atomic E-state index is -4.67. The van der Waals surface area contributed by atoms with Crippen LogP contribution in [0.25, 0.3) is 0 Å². The van der Waals surface area contributed by atoms with Crippen molar-refractivity contribution < 1.29 is 23.0 Å². The van der Waals surface area contributed by atoms with E-state index in [1.54, 1.807) is 12.1 Å². The zero-order chi connectivity index (χ0) is 14.3. The third-order valence-corrected chi connectivity index (χ3v) is 2.57. The van der Waals surface area contributed by atoms with Gasteiger partial charge in [0.2, 0.25) is 0 Å². The molecule has 1 aromatic carbocycles. The van der Waals surface area contributed by atoms with Crippen LogP contribution in [0, 0.1) is 0 Å². The molecule has 0 amide bonds. The fourth-order valence-electron chi connectivity index (χ4n) is 1.74. The molecule has 0 spiro atoms. The molecule has 1 rings (SSSR count). The van der Waals surface area contributed by atoms with Crippen LogP contribution in [0.3, 0.4) is 0 Å². The molecule has 1 aromatic rings. The van der Waals surface area contributed by atoms with E-state index in [0.29, 0.717) is 6.42 Å². The van der Waals surface area contributed by atoms with Crippen molar-refractivity contribution in [1.29, 1.82) is 0 Å². The van der Waals surface area contributed by atoms with Crippen molar-refractivity contribution in [2.75, 3.05) is 13.2 Å². The van der Waals surface area contributed by atoms with Crippen molar-refractivity contribution in [2.45, 2.75) is 32.2 Å². The normalized spacial score (nSPS) is 13.3. The smallest absolute Gasteiger partial charge is 0.406 e. The highest BCUT2D eigenvalue weighted by Crippen LogP contribution is 2.25. The van der Waals surface area contributed by atoms with Crippen LogP contribution in [0.2, 0.25) is 0 Å². The summed E-state index contributed by atoms with van der Waals surface area (Å²) in [7, 11) is 0. The second-order valence-electron chi connectivity index (χ2n) is 4.14. The fourth-order valence-corrected chi connectivity index (χ4v) is 1.74. The number of ether oxygens (including phenoxy) is 1. The number of benzene rings is 1. The molecule has 0 aliphatic carbocycles. The Morgan fingerprint density at radius 2 is 1.89 bits per heavy atom. The largest absolute Gasteiger partial charge is 0.573 e. The summed E-state index contributed by atoms with van der Waals surface area (Å²) >= 11 is 0. The lowest BCUT2D eigenvalue weighted by atomic mass is 10.0. The zero-order valence-electron chi connectivity index (χ0n) is 10.7. The van der Waals surface area contributed by atoms with Gasteiger partial charge in [0, 0.05) is 12.6 Å². The molecular weight excluding hydrogens is 259 g/mol. The molecule has 0 aliphatic heterocycles. The van der Waals surface area contributed by atoms with E-state index in [0.717, 1.165) is 18.5 Å². The van der Waals surface area contributed by atoms with Crippen LogP contribution < -0.4 is 10.1 Å². The van der Waals surface area contributed by atoms with Crippen molar-refractivity contribution in [2.24, 2.45) is 0 Å². The first-order valence-corrected chi connectivity index (χ1v) is 6.16. The van der Waals surface area contributed by atoms with E-state index < -0.39 is 6.36 Å². The van der Waals surface area contributed by atoms with E-state index in [4.69, 9.17) is 5.11 Å². The van der Waals surface area contributed by atoms with Gasteiger partial charge in [-0.2, -0.15) is 0 Å².